The van der Waals surface area contributed by atoms with Gasteiger partial charge in [0.25, 0.3) is 0 Å². The van der Waals surface area contributed by atoms with Gasteiger partial charge in [-0.1, -0.05) is 24.3 Å². The number of carbonyl (C=O) groups excluding carboxylic acids is 2. The van der Waals surface area contributed by atoms with E-state index in [0.717, 1.165) is 29.5 Å². The van der Waals surface area contributed by atoms with E-state index >= 15 is 0 Å². The summed E-state index contributed by atoms with van der Waals surface area (Å²) in [6.07, 6.45) is 0. The molecule has 5 aromatic rings. The zero-order valence-corrected chi connectivity index (χ0v) is 17.2. The molecule has 0 radical (unpaired) electrons. The number of rotatable bonds is 3. The molecule has 152 valence electrons. The number of carbonyl (C=O) groups is 2. The maximum Gasteiger partial charge on any atom is 0.233 e. The number of anilines is 1. The second kappa shape index (κ2) is 6.32. The summed E-state index contributed by atoms with van der Waals surface area (Å²) in [4.78, 5) is 29.1. The summed E-state index contributed by atoms with van der Waals surface area (Å²) in [5.74, 6) is -0.418. The molecule has 0 spiro atoms. The summed E-state index contributed by atoms with van der Waals surface area (Å²) in [5, 5.41) is 3.26. The third-order valence-corrected chi connectivity index (χ3v) is 6.22. The zero-order valence-electron chi connectivity index (χ0n) is 17.2. The number of hydrogen-bond acceptors (Lipinski definition) is 5. The van der Waals surface area contributed by atoms with Crippen LogP contribution < -0.4 is 4.90 Å². The van der Waals surface area contributed by atoms with Crippen LogP contribution in [0, 0.1) is 0 Å². The molecule has 0 aliphatic heterocycles. The van der Waals surface area contributed by atoms with Gasteiger partial charge in [-0.25, -0.2) is 0 Å². The standard InChI is InChI=1S/C26H19NO4/c1-3-27(4-2)16-9-10-19-18(13-16)22-24(29)26-21(23(28)25(22)30-19)17-11-14-7-5-6-8-15(14)12-20(17)31-26/h5-13H,3-4H2,1-2H3. The second-order valence-electron chi connectivity index (χ2n) is 7.82. The summed E-state index contributed by atoms with van der Waals surface area (Å²) < 4.78 is 11.9. The fourth-order valence-electron chi connectivity index (χ4n) is 4.65. The smallest absolute Gasteiger partial charge is 0.233 e. The van der Waals surface area contributed by atoms with Crippen molar-refractivity contribution in [2.75, 3.05) is 18.0 Å². The van der Waals surface area contributed by atoms with E-state index in [1.54, 1.807) is 0 Å². The van der Waals surface area contributed by atoms with Crippen molar-refractivity contribution in [3.05, 3.63) is 77.2 Å². The van der Waals surface area contributed by atoms with Crippen LogP contribution in [0.4, 0.5) is 5.69 Å². The maximum atomic E-state index is 13.5. The molecule has 0 bridgehead atoms. The summed E-state index contributed by atoms with van der Waals surface area (Å²) >= 11 is 0. The molecular weight excluding hydrogens is 390 g/mol. The summed E-state index contributed by atoms with van der Waals surface area (Å²) in [6.45, 7) is 5.85. The second-order valence-corrected chi connectivity index (χ2v) is 7.82. The van der Waals surface area contributed by atoms with Crippen LogP contribution in [0.2, 0.25) is 0 Å². The molecule has 6 rings (SSSR count). The monoisotopic (exact) mass is 409 g/mol. The lowest BCUT2D eigenvalue weighted by Gasteiger charge is -2.20. The van der Waals surface area contributed by atoms with Gasteiger partial charge in [-0.05, 0) is 55.0 Å². The first kappa shape index (κ1) is 18.0. The molecule has 1 aliphatic rings. The van der Waals surface area contributed by atoms with Crippen LogP contribution in [0.15, 0.2) is 63.4 Å². The first-order valence-electron chi connectivity index (χ1n) is 10.5. The number of benzene rings is 3. The molecule has 2 aromatic heterocycles. The first-order valence-corrected chi connectivity index (χ1v) is 10.5. The number of ketones is 2. The number of fused-ring (bicyclic) bond motifs is 7. The predicted molar refractivity (Wildman–Crippen MR) is 120 cm³/mol. The van der Waals surface area contributed by atoms with Crippen molar-refractivity contribution in [2.24, 2.45) is 0 Å². The van der Waals surface area contributed by atoms with Gasteiger partial charge >= 0.3 is 0 Å². The molecule has 0 saturated carbocycles. The Morgan fingerprint density at radius 1 is 0.710 bits per heavy atom. The van der Waals surface area contributed by atoms with Gasteiger partial charge in [0.15, 0.2) is 11.5 Å². The minimum Gasteiger partial charge on any atom is -0.452 e. The van der Waals surface area contributed by atoms with Crippen molar-refractivity contribution in [1.29, 1.82) is 0 Å². The summed E-state index contributed by atoms with van der Waals surface area (Å²) in [7, 11) is 0. The highest BCUT2D eigenvalue weighted by atomic mass is 16.4. The molecule has 0 saturated heterocycles. The van der Waals surface area contributed by atoms with Gasteiger partial charge in [-0.3, -0.25) is 9.59 Å². The van der Waals surface area contributed by atoms with Gasteiger partial charge in [-0.15, -0.1) is 0 Å². The number of hydrogen-bond donors (Lipinski definition) is 0. The largest absolute Gasteiger partial charge is 0.452 e. The van der Waals surface area contributed by atoms with E-state index in [1.807, 2.05) is 54.6 Å². The summed E-state index contributed by atoms with van der Waals surface area (Å²) in [5.41, 5.74) is 2.64. The highest BCUT2D eigenvalue weighted by Gasteiger charge is 2.39. The summed E-state index contributed by atoms with van der Waals surface area (Å²) in [6, 6.07) is 17.3. The Morgan fingerprint density at radius 2 is 1.29 bits per heavy atom. The maximum absolute atomic E-state index is 13.5. The van der Waals surface area contributed by atoms with Crippen molar-refractivity contribution in [2.45, 2.75) is 13.8 Å². The average molecular weight is 409 g/mol. The van der Waals surface area contributed by atoms with Gasteiger partial charge in [0.1, 0.15) is 11.2 Å². The van der Waals surface area contributed by atoms with E-state index in [9.17, 15) is 9.59 Å². The Morgan fingerprint density at radius 3 is 1.94 bits per heavy atom. The molecule has 1 aliphatic carbocycles. The van der Waals surface area contributed by atoms with Crippen LogP contribution in [-0.4, -0.2) is 24.7 Å². The molecule has 2 heterocycles. The van der Waals surface area contributed by atoms with E-state index in [2.05, 4.69) is 18.7 Å². The molecule has 0 unspecified atom stereocenters. The number of furan rings is 2. The van der Waals surface area contributed by atoms with Crippen LogP contribution in [0.5, 0.6) is 0 Å². The van der Waals surface area contributed by atoms with Crippen molar-refractivity contribution < 1.29 is 18.4 Å². The van der Waals surface area contributed by atoms with Gasteiger partial charge in [0.05, 0.1) is 11.1 Å². The molecule has 0 atom stereocenters. The average Bonchev–Trinajstić information content (AvgIpc) is 3.35. The SMILES string of the molecule is CCN(CC)c1ccc2oc3c(c2c1)C(=O)c1oc2cc4ccccc4cc2c1C3=O. The molecular formula is C26H19NO4. The Kier molecular flexibility index (Phi) is 3.66. The molecule has 5 heteroatoms. The molecule has 0 N–H and O–H groups in total. The Hall–Kier alpha value is -3.86. The lowest BCUT2D eigenvalue weighted by molar-refractivity contribution is 0.0947. The van der Waals surface area contributed by atoms with Gasteiger partial charge < -0.3 is 13.7 Å². The Bertz CT molecular complexity index is 1550. The van der Waals surface area contributed by atoms with Gasteiger partial charge in [0, 0.05) is 29.5 Å². The van der Waals surface area contributed by atoms with Crippen LogP contribution in [0.25, 0.3) is 32.7 Å². The zero-order chi connectivity index (χ0) is 21.3. The predicted octanol–water partition coefficient (Wildman–Crippen LogP) is 5.95. The Balaban J connectivity index is 1.60. The lowest BCUT2D eigenvalue weighted by atomic mass is 9.90. The van der Waals surface area contributed by atoms with Gasteiger partial charge in [-0.2, -0.15) is 0 Å². The van der Waals surface area contributed by atoms with E-state index in [1.165, 1.54) is 0 Å². The lowest BCUT2D eigenvalue weighted by Crippen LogP contribution is -2.21. The highest BCUT2D eigenvalue weighted by molar-refractivity contribution is 6.34. The van der Waals surface area contributed by atoms with Crippen molar-refractivity contribution in [3.8, 4) is 0 Å². The highest BCUT2D eigenvalue weighted by Crippen LogP contribution is 2.41. The topological polar surface area (TPSA) is 63.7 Å². The minimum absolute atomic E-state index is 0.0961. The number of nitrogens with zero attached hydrogens (tertiary/aromatic N) is 1. The van der Waals surface area contributed by atoms with Crippen LogP contribution in [-0.2, 0) is 0 Å². The van der Waals surface area contributed by atoms with Gasteiger partial charge in [0.2, 0.25) is 11.6 Å². The Labute approximate surface area is 177 Å². The third kappa shape index (κ3) is 2.37. The first-order chi connectivity index (χ1) is 15.1. The molecule has 5 nitrogen and oxygen atoms in total. The normalized spacial score (nSPS) is 13.2. The van der Waals surface area contributed by atoms with E-state index in [4.69, 9.17) is 8.83 Å². The van der Waals surface area contributed by atoms with Crippen molar-refractivity contribution >= 4 is 50.0 Å². The fraction of sp³-hybridized carbons (Fsp3) is 0.154. The van der Waals surface area contributed by atoms with E-state index in [-0.39, 0.29) is 23.1 Å². The van der Waals surface area contributed by atoms with Crippen LogP contribution in [0.3, 0.4) is 0 Å². The van der Waals surface area contributed by atoms with Crippen molar-refractivity contribution in [3.63, 3.8) is 0 Å². The molecule has 0 amide bonds. The fourth-order valence-corrected chi connectivity index (χ4v) is 4.65. The van der Waals surface area contributed by atoms with E-state index < -0.39 is 0 Å². The van der Waals surface area contributed by atoms with Crippen LogP contribution in [0.1, 0.15) is 46.1 Å². The quantitative estimate of drug-likeness (QED) is 0.361. The molecule has 0 fully saturated rings. The van der Waals surface area contributed by atoms with Crippen LogP contribution >= 0.6 is 0 Å². The minimum atomic E-state index is -0.306. The molecule has 3 aromatic carbocycles. The molecule has 31 heavy (non-hydrogen) atoms. The van der Waals surface area contributed by atoms with Crippen molar-refractivity contribution in [1.82, 2.24) is 0 Å². The van der Waals surface area contributed by atoms with E-state index in [0.29, 0.717) is 33.1 Å². The third-order valence-electron chi connectivity index (χ3n) is 6.22.